The van der Waals surface area contributed by atoms with Crippen molar-refractivity contribution in [3.63, 3.8) is 0 Å². The standard InChI is InChI=1S/C32H40BrN3O4S/c1-5-25(3)34-32(38)30(22-26-12-7-6-8-13-26)35(23-27-16-18-28(33)19-17-27)31(37)15-10-20-36(41(4,39)40)29-14-9-11-24(2)21-29/h6-9,11-14,16-19,21,25,30H,5,10,15,20,22-23H2,1-4H3,(H,34,38). The lowest BCUT2D eigenvalue weighted by Crippen LogP contribution is -2.52. The molecule has 2 atom stereocenters. The van der Waals surface area contributed by atoms with Crippen LogP contribution in [0, 0.1) is 6.92 Å². The first kappa shape index (κ1) is 32.3. The highest BCUT2D eigenvalue weighted by Crippen LogP contribution is 2.22. The van der Waals surface area contributed by atoms with E-state index in [1.807, 2.05) is 93.6 Å². The summed E-state index contributed by atoms with van der Waals surface area (Å²) in [4.78, 5) is 29.2. The molecule has 2 amide bonds. The van der Waals surface area contributed by atoms with Gasteiger partial charge in [-0.3, -0.25) is 13.9 Å². The fourth-order valence-electron chi connectivity index (χ4n) is 4.57. The molecule has 7 nitrogen and oxygen atoms in total. The lowest BCUT2D eigenvalue weighted by molar-refractivity contribution is -0.141. The summed E-state index contributed by atoms with van der Waals surface area (Å²) in [7, 11) is -3.55. The zero-order valence-corrected chi connectivity index (χ0v) is 26.6. The first-order chi connectivity index (χ1) is 19.5. The third kappa shape index (κ3) is 10.0. The van der Waals surface area contributed by atoms with Crippen LogP contribution < -0.4 is 9.62 Å². The van der Waals surface area contributed by atoms with E-state index in [0.717, 1.165) is 27.6 Å². The summed E-state index contributed by atoms with van der Waals surface area (Å²) in [5.74, 6) is -0.406. The molecule has 0 bridgehead atoms. The molecule has 0 aliphatic rings. The van der Waals surface area contributed by atoms with Crippen molar-refractivity contribution in [2.24, 2.45) is 0 Å². The highest BCUT2D eigenvalue weighted by atomic mass is 79.9. The molecule has 3 aromatic rings. The molecular weight excluding hydrogens is 602 g/mol. The van der Waals surface area contributed by atoms with Gasteiger partial charge in [-0.15, -0.1) is 0 Å². The molecule has 1 N–H and O–H groups in total. The molecule has 220 valence electrons. The molecule has 0 aromatic heterocycles. The maximum atomic E-state index is 13.9. The highest BCUT2D eigenvalue weighted by Gasteiger charge is 2.31. The summed E-state index contributed by atoms with van der Waals surface area (Å²) < 4.78 is 27.5. The summed E-state index contributed by atoms with van der Waals surface area (Å²) in [6.07, 6.45) is 2.71. The molecule has 2 unspecified atom stereocenters. The number of sulfonamides is 1. The van der Waals surface area contributed by atoms with Crippen LogP contribution in [0.2, 0.25) is 0 Å². The smallest absolute Gasteiger partial charge is 0.243 e. The number of hydrogen-bond donors (Lipinski definition) is 1. The maximum absolute atomic E-state index is 13.9. The van der Waals surface area contributed by atoms with Gasteiger partial charge in [0.1, 0.15) is 6.04 Å². The van der Waals surface area contributed by atoms with E-state index >= 15 is 0 Å². The van der Waals surface area contributed by atoms with E-state index in [9.17, 15) is 18.0 Å². The number of halogens is 1. The molecule has 3 rings (SSSR count). The van der Waals surface area contributed by atoms with Crippen LogP contribution in [0.3, 0.4) is 0 Å². The zero-order valence-electron chi connectivity index (χ0n) is 24.2. The first-order valence-electron chi connectivity index (χ1n) is 13.9. The van der Waals surface area contributed by atoms with E-state index < -0.39 is 16.1 Å². The minimum atomic E-state index is -3.55. The number of carbonyl (C=O) groups is 2. The van der Waals surface area contributed by atoms with Gasteiger partial charge in [0.2, 0.25) is 21.8 Å². The van der Waals surface area contributed by atoms with Crippen molar-refractivity contribution in [2.45, 2.75) is 65.1 Å². The molecule has 41 heavy (non-hydrogen) atoms. The van der Waals surface area contributed by atoms with E-state index in [2.05, 4.69) is 21.2 Å². The molecule has 0 aliphatic carbocycles. The number of carbonyl (C=O) groups excluding carboxylic acids is 2. The van der Waals surface area contributed by atoms with Gasteiger partial charge in [0.05, 0.1) is 11.9 Å². The van der Waals surface area contributed by atoms with Crippen LogP contribution in [0.5, 0.6) is 0 Å². The summed E-state index contributed by atoms with van der Waals surface area (Å²) >= 11 is 3.46. The van der Waals surface area contributed by atoms with E-state index in [-0.39, 0.29) is 37.4 Å². The molecule has 0 spiro atoms. The van der Waals surface area contributed by atoms with Crippen LogP contribution in [0.25, 0.3) is 0 Å². The number of rotatable bonds is 14. The third-order valence-electron chi connectivity index (χ3n) is 6.98. The van der Waals surface area contributed by atoms with E-state index in [4.69, 9.17) is 0 Å². The van der Waals surface area contributed by atoms with Crippen molar-refractivity contribution in [3.8, 4) is 0 Å². The second-order valence-corrected chi connectivity index (χ2v) is 13.3. The maximum Gasteiger partial charge on any atom is 0.243 e. The molecule has 0 saturated carbocycles. The molecule has 3 aromatic carbocycles. The van der Waals surface area contributed by atoms with Crippen LogP contribution in [-0.2, 0) is 32.6 Å². The van der Waals surface area contributed by atoms with Gasteiger partial charge >= 0.3 is 0 Å². The van der Waals surface area contributed by atoms with Crippen molar-refractivity contribution in [2.75, 3.05) is 17.1 Å². The van der Waals surface area contributed by atoms with Gasteiger partial charge in [-0.05, 0) is 67.6 Å². The average Bonchev–Trinajstić information content (AvgIpc) is 2.93. The monoisotopic (exact) mass is 641 g/mol. The quantitative estimate of drug-likeness (QED) is 0.239. The van der Waals surface area contributed by atoms with Gasteiger partial charge in [0.25, 0.3) is 0 Å². The van der Waals surface area contributed by atoms with Crippen molar-refractivity contribution < 1.29 is 18.0 Å². The van der Waals surface area contributed by atoms with Crippen LogP contribution in [0.1, 0.15) is 49.8 Å². The Morgan fingerprint density at radius 2 is 1.63 bits per heavy atom. The van der Waals surface area contributed by atoms with Gasteiger partial charge < -0.3 is 10.2 Å². The van der Waals surface area contributed by atoms with E-state index in [0.29, 0.717) is 18.5 Å². The fourth-order valence-corrected chi connectivity index (χ4v) is 5.79. The second kappa shape index (κ2) is 15.2. The van der Waals surface area contributed by atoms with Crippen molar-refractivity contribution >= 4 is 43.5 Å². The molecule has 0 heterocycles. The number of hydrogen-bond acceptors (Lipinski definition) is 4. The Hall–Kier alpha value is -3.17. The summed E-state index contributed by atoms with van der Waals surface area (Å²) in [6, 6.07) is 23.9. The number of amides is 2. The second-order valence-electron chi connectivity index (χ2n) is 10.4. The van der Waals surface area contributed by atoms with Crippen LogP contribution in [0.4, 0.5) is 5.69 Å². The number of nitrogens with zero attached hydrogens (tertiary/aromatic N) is 2. The Morgan fingerprint density at radius 1 is 0.951 bits per heavy atom. The Balaban J connectivity index is 1.89. The zero-order chi connectivity index (χ0) is 30.0. The number of aryl methyl sites for hydroxylation is 1. The highest BCUT2D eigenvalue weighted by molar-refractivity contribution is 9.10. The Labute approximate surface area is 253 Å². The molecular formula is C32H40BrN3O4S. The van der Waals surface area contributed by atoms with Gasteiger partial charge in [-0.25, -0.2) is 8.42 Å². The van der Waals surface area contributed by atoms with Gasteiger partial charge in [0, 0.05) is 36.4 Å². The number of nitrogens with one attached hydrogen (secondary N) is 1. The van der Waals surface area contributed by atoms with Crippen molar-refractivity contribution in [1.29, 1.82) is 0 Å². The van der Waals surface area contributed by atoms with Crippen LogP contribution >= 0.6 is 15.9 Å². The first-order valence-corrected chi connectivity index (χ1v) is 16.5. The minimum absolute atomic E-state index is 0.0388. The average molecular weight is 643 g/mol. The lowest BCUT2D eigenvalue weighted by atomic mass is 10.0. The summed E-state index contributed by atoms with van der Waals surface area (Å²) in [6.45, 7) is 6.27. The topological polar surface area (TPSA) is 86.8 Å². The summed E-state index contributed by atoms with van der Waals surface area (Å²) in [5, 5.41) is 3.07. The van der Waals surface area contributed by atoms with Crippen molar-refractivity contribution in [3.05, 3.63) is 100 Å². The largest absolute Gasteiger partial charge is 0.352 e. The van der Waals surface area contributed by atoms with Crippen LogP contribution in [-0.4, -0.2) is 50.0 Å². The minimum Gasteiger partial charge on any atom is -0.352 e. The Bertz CT molecular complexity index is 1400. The van der Waals surface area contributed by atoms with Gasteiger partial charge in [-0.2, -0.15) is 0 Å². The van der Waals surface area contributed by atoms with E-state index in [1.54, 1.807) is 11.0 Å². The predicted molar refractivity (Wildman–Crippen MR) is 169 cm³/mol. The van der Waals surface area contributed by atoms with Gasteiger partial charge in [0.15, 0.2) is 0 Å². The fraction of sp³-hybridized carbons (Fsp3) is 0.375. The molecule has 0 saturated heterocycles. The van der Waals surface area contributed by atoms with E-state index in [1.165, 1.54) is 10.6 Å². The Kier molecular flexibility index (Phi) is 12.0. The van der Waals surface area contributed by atoms with Gasteiger partial charge in [-0.1, -0.05) is 77.5 Å². The van der Waals surface area contributed by atoms with Crippen LogP contribution in [0.15, 0.2) is 83.3 Å². The Morgan fingerprint density at radius 3 is 2.24 bits per heavy atom. The molecule has 0 aliphatic heterocycles. The molecule has 0 radical (unpaired) electrons. The summed E-state index contributed by atoms with van der Waals surface area (Å²) in [5.41, 5.74) is 3.37. The third-order valence-corrected chi connectivity index (χ3v) is 8.70. The number of anilines is 1. The molecule has 0 fully saturated rings. The molecule has 9 heteroatoms. The lowest BCUT2D eigenvalue weighted by Gasteiger charge is -2.32. The SMILES string of the molecule is CCC(C)NC(=O)C(Cc1ccccc1)N(Cc1ccc(Br)cc1)C(=O)CCCN(c1cccc(C)c1)S(C)(=O)=O. The normalized spacial score (nSPS) is 12.8. The number of benzene rings is 3. The van der Waals surface area contributed by atoms with Crippen molar-refractivity contribution in [1.82, 2.24) is 10.2 Å². The predicted octanol–water partition coefficient (Wildman–Crippen LogP) is 5.86.